The normalized spacial score (nSPS) is 13.1. The summed E-state index contributed by atoms with van der Waals surface area (Å²) in [6.45, 7) is 1.66. The van der Waals surface area contributed by atoms with Gasteiger partial charge in [-0.05, 0) is 36.2 Å². The number of carbonyl (C=O) groups excluding carboxylic acids is 2. The van der Waals surface area contributed by atoms with Crippen molar-refractivity contribution in [2.24, 2.45) is 0 Å². The molecule has 0 radical (unpaired) electrons. The molecule has 1 aliphatic rings. The molecule has 4 rings (SSSR count). The van der Waals surface area contributed by atoms with Crippen LogP contribution >= 0.6 is 0 Å². The molecule has 0 saturated carbocycles. The summed E-state index contributed by atoms with van der Waals surface area (Å²) in [5.41, 5.74) is 3.02. The molecule has 7 nitrogen and oxygen atoms in total. The third-order valence-electron chi connectivity index (χ3n) is 4.77. The van der Waals surface area contributed by atoms with Crippen LogP contribution in [0.5, 0.6) is 0 Å². The van der Waals surface area contributed by atoms with Crippen molar-refractivity contribution in [1.82, 2.24) is 19.7 Å². The molecule has 1 aliphatic heterocycles. The van der Waals surface area contributed by atoms with Crippen molar-refractivity contribution in [3.8, 4) is 0 Å². The van der Waals surface area contributed by atoms with E-state index in [-0.39, 0.29) is 11.8 Å². The lowest BCUT2D eigenvalue weighted by Crippen LogP contribution is -2.38. The van der Waals surface area contributed by atoms with Gasteiger partial charge < -0.3 is 10.2 Å². The molecule has 28 heavy (non-hydrogen) atoms. The SMILES string of the molecule is O=C(Nc1ccccc1)c1cc2n(n1)CCN(C(=O)CCc1cccnc1)C2. The molecule has 0 saturated heterocycles. The Morgan fingerprint density at radius 1 is 1.07 bits per heavy atom. The summed E-state index contributed by atoms with van der Waals surface area (Å²) < 4.78 is 1.81. The number of carbonyl (C=O) groups is 2. The molecule has 0 aliphatic carbocycles. The fourth-order valence-corrected chi connectivity index (χ4v) is 3.26. The van der Waals surface area contributed by atoms with Crippen LogP contribution in [0.1, 0.15) is 28.2 Å². The van der Waals surface area contributed by atoms with Crippen LogP contribution in [0.3, 0.4) is 0 Å². The fraction of sp³-hybridized carbons (Fsp3) is 0.238. The number of fused-ring (bicyclic) bond motifs is 1. The zero-order valence-electron chi connectivity index (χ0n) is 15.4. The van der Waals surface area contributed by atoms with Gasteiger partial charge >= 0.3 is 0 Å². The van der Waals surface area contributed by atoms with Gasteiger partial charge in [0.05, 0.1) is 18.8 Å². The van der Waals surface area contributed by atoms with Crippen molar-refractivity contribution in [2.45, 2.75) is 25.9 Å². The second kappa shape index (κ2) is 8.04. The summed E-state index contributed by atoms with van der Waals surface area (Å²) in [6.07, 6.45) is 4.63. The Bertz CT molecular complexity index is 969. The second-order valence-electron chi connectivity index (χ2n) is 6.74. The van der Waals surface area contributed by atoms with Crippen LogP contribution in [0, 0.1) is 0 Å². The topological polar surface area (TPSA) is 80.1 Å². The minimum absolute atomic E-state index is 0.103. The first kappa shape index (κ1) is 17.9. The molecule has 2 amide bonds. The number of hydrogen-bond donors (Lipinski definition) is 1. The first-order chi connectivity index (χ1) is 13.7. The first-order valence-electron chi connectivity index (χ1n) is 9.29. The molecule has 2 aromatic heterocycles. The van der Waals surface area contributed by atoms with E-state index in [1.807, 2.05) is 52.0 Å². The molecule has 0 fully saturated rings. The van der Waals surface area contributed by atoms with Crippen LogP contribution in [-0.4, -0.2) is 38.0 Å². The zero-order chi connectivity index (χ0) is 19.3. The third-order valence-corrected chi connectivity index (χ3v) is 4.77. The van der Waals surface area contributed by atoms with Gasteiger partial charge in [0.2, 0.25) is 5.91 Å². The van der Waals surface area contributed by atoms with Gasteiger partial charge in [0.15, 0.2) is 5.69 Å². The number of nitrogens with zero attached hydrogens (tertiary/aromatic N) is 4. The van der Waals surface area contributed by atoms with E-state index in [0.29, 0.717) is 38.2 Å². The van der Waals surface area contributed by atoms with Crippen molar-refractivity contribution in [3.05, 3.63) is 77.9 Å². The number of rotatable bonds is 5. The number of anilines is 1. The summed E-state index contributed by atoms with van der Waals surface area (Å²) in [4.78, 5) is 30.9. The molecule has 0 spiro atoms. The maximum Gasteiger partial charge on any atom is 0.276 e. The highest BCUT2D eigenvalue weighted by Crippen LogP contribution is 2.16. The van der Waals surface area contributed by atoms with Crippen molar-refractivity contribution in [2.75, 3.05) is 11.9 Å². The number of para-hydroxylation sites is 1. The summed E-state index contributed by atoms with van der Waals surface area (Å²) in [5.74, 6) is -0.144. The quantitative estimate of drug-likeness (QED) is 0.743. The molecule has 0 unspecified atom stereocenters. The molecule has 1 N–H and O–H groups in total. The Labute approximate surface area is 163 Å². The molecule has 1 aromatic carbocycles. The Balaban J connectivity index is 1.37. The summed E-state index contributed by atoms with van der Waals surface area (Å²) in [6, 6.07) is 14.9. The highest BCUT2D eigenvalue weighted by Gasteiger charge is 2.23. The smallest absolute Gasteiger partial charge is 0.276 e. The number of nitrogens with one attached hydrogen (secondary N) is 1. The number of pyridine rings is 1. The van der Waals surface area contributed by atoms with E-state index in [2.05, 4.69) is 15.4 Å². The molecule has 0 atom stereocenters. The van der Waals surface area contributed by atoms with Gasteiger partial charge in [-0.15, -0.1) is 0 Å². The average Bonchev–Trinajstić information content (AvgIpc) is 3.17. The van der Waals surface area contributed by atoms with Crippen LogP contribution < -0.4 is 5.32 Å². The van der Waals surface area contributed by atoms with Crippen LogP contribution in [-0.2, 0) is 24.3 Å². The van der Waals surface area contributed by atoms with Gasteiger partial charge in [-0.3, -0.25) is 19.3 Å². The minimum atomic E-state index is -0.248. The van der Waals surface area contributed by atoms with Crippen LogP contribution in [0.15, 0.2) is 60.9 Å². The lowest BCUT2D eigenvalue weighted by molar-refractivity contribution is -0.132. The lowest BCUT2D eigenvalue weighted by Gasteiger charge is -2.27. The van der Waals surface area contributed by atoms with E-state index in [9.17, 15) is 9.59 Å². The molecule has 7 heteroatoms. The Hall–Kier alpha value is -3.48. The highest BCUT2D eigenvalue weighted by molar-refractivity contribution is 6.02. The number of benzene rings is 1. The third kappa shape index (κ3) is 4.09. The molecule has 0 bridgehead atoms. The minimum Gasteiger partial charge on any atom is -0.335 e. The van der Waals surface area contributed by atoms with Crippen molar-refractivity contribution in [1.29, 1.82) is 0 Å². The van der Waals surface area contributed by atoms with E-state index >= 15 is 0 Å². The molecular weight excluding hydrogens is 354 g/mol. The number of aromatic nitrogens is 3. The van der Waals surface area contributed by atoms with Gasteiger partial charge in [0.1, 0.15) is 0 Å². The van der Waals surface area contributed by atoms with Crippen molar-refractivity contribution < 1.29 is 9.59 Å². The summed E-state index contributed by atoms with van der Waals surface area (Å²) >= 11 is 0. The van der Waals surface area contributed by atoms with Crippen molar-refractivity contribution in [3.63, 3.8) is 0 Å². The Morgan fingerprint density at radius 3 is 2.71 bits per heavy atom. The van der Waals surface area contributed by atoms with Crippen molar-refractivity contribution >= 4 is 17.5 Å². The Kier molecular flexibility index (Phi) is 5.14. The monoisotopic (exact) mass is 375 g/mol. The maximum absolute atomic E-state index is 12.6. The van der Waals surface area contributed by atoms with Gasteiger partial charge in [0.25, 0.3) is 5.91 Å². The van der Waals surface area contributed by atoms with Crippen LogP contribution in [0.4, 0.5) is 5.69 Å². The average molecular weight is 375 g/mol. The summed E-state index contributed by atoms with van der Waals surface area (Å²) in [5, 5.41) is 7.23. The van der Waals surface area contributed by atoms with Gasteiger partial charge in [0, 0.05) is 31.0 Å². The van der Waals surface area contributed by atoms with E-state index in [1.54, 1.807) is 18.5 Å². The number of amides is 2. The summed E-state index contributed by atoms with van der Waals surface area (Å²) in [7, 11) is 0. The molecule has 3 aromatic rings. The molecule has 142 valence electrons. The van der Waals surface area contributed by atoms with Crippen LogP contribution in [0.2, 0.25) is 0 Å². The molecular formula is C21H21N5O2. The van der Waals surface area contributed by atoms with Crippen LogP contribution in [0.25, 0.3) is 0 Å². The zero-order valence-corrected chi connectivity index (χ0v) is 15.4. The number of hydrogen-bond acceptors (Lipinski definition) is 4. The predicted octanol–water partition coefficient (Wildman–Crippen LogP) is 2.51. The largest absolute Gasteiger partial charge is 0.335 e. The first-order valence-corrected chi connectivity index (χ1v) is 9.29. The van der Waals surface area contributed by atoms with Gasteiger partial charge in [-0.2, -0.15) is 5.10 Å². The maximum atomic E-state index is 12.6. The van der Waals surface area contributed by atoms with Gasteiger partial charge in [-0.25, -0.2) is 0 Å². The highest BCUT2D eigenvalue weighted by atomic mass is 16.2. The standard InChI is InChI=1S/C21H21N5O2/c27-20(9-8-16-5-4-10-22-14-16)25-11-12-26-18(15-25)13-19(24-26)21(28)23-17-6-2-1-3-7-17/h1-7,10,13-14H,8-9,11-12,15H2,(H,23,28). The van der Waals surface area contributed by atoms with E-state index in [4.69, 9.17) is 0 Å². The predicted molar refractivity (Wildman–Crippen MR) is 105 cm³/mol. The van der Waals surface area contributed by atoms with E-state index in [1.165, 1.54) is 0 Å². The Morgan fingerprint density at radius 2 is 1.93 bits per heavy atom. The van der Waals surface area contributed by atoms with E-state index in [0.717, 1.165) is 16.9 Å². The van der Waals surface area contributed by atoms with E-state index < -0.39 is 0 Å². The second-order valence-corrected chi connectivity index (χ2v) is 6.74. The fourth-order valence-electron chi connectivity index (χ4n) is 3.26. The lowest BCUT2D eigenvalue weighted by atomic mass is 10.1. The number of aryl methyl sites for hydroxylation is 1. The molecule has 3 heterocycles. The van der Waals surface area contributed by atoms with Gasteiger partial charge in [-0.1, -0.05) is 24.3 Å².